The van der Waals surface area contributed by atoms with Crippen LogP contribution in [0.15, 0.2) is 59.5 Å². The summed E-state index contributed by atoms with van der Waals surface area (Å²) in [6, 6.07) is 17.2. The van der Waals surface area contributed by atoms with Crippen molar-refractivity contribution < 1.29 is 0 Å². The monoisotopic (exact) mass is 440 g/mol. The molecule has 1 aliphatic rings. The van der Waals surface area contributed by atoms with Gasteiger partial charge in [-0.1, -0.05) is 30.7 Å². The molecule has 0 radical (unpaired) electrons. The van der Waals surface area contributed by atoms with Gasteiger partial charge in [0.15, 0.2) is 5.82 Å². The van der Waals surface area contributed by atoms with Crippen LogP contribution in [0.3, 0.4) is 0 Å². The van der Waals surface area contributed by atoms with E-state index < -0.39 is 0 Å². The maximum absolute atomic E-state index is 13.5. The van der Waals surface area contributed by atoms with Gasteiger partial charge in [0, 0.05) is 19.2 Å². The number of nitrogens with zero attached hydrogens (tertiary/aromatic N) is 6. The predicted molar refractivity (Wildman–Crippen MR) is 123 cm³/mol. The van der Waals surface area contributed by atoms with Gasteiger partial charge in [-0.2, -0.15) is 5.26 Å². The zero-order valence-corrected chi connectivity index (χ0v) is 18.1. The van der Waals surface area contributed by atoms with Crippen LogP contribution < -0.4 is 14.8 Å². The second-order valence-corrected chi connectivity index (χ2v) is 8.57. The van der Waals surface area contributed by atoms with Gasteiger partial charge in [-0.25, -0.2) is 0 Å². The Hall–Kier alpha value is -3.83. The van der Waals surface area contributed by atoms with Crippen molar-refractivity contribution in [2.45, 2.75) is 32.2 Å². The number of aryl methyl sites for hydroxylation is 1. The Morgan fingerprint density at radius 1 is 1.06 bits per heavy atom. The molecule has 0 saturated carbocycles. The molecule has 0 amide bonds. The molecular formula is C24H20N6OS. The van der Waals surface area contributed by atoms with Gasteiger partial charge >= 0.3 is 0 Å². The van der Waals surface area contributed by atoms with Gasteiger partial charge in [-0.05, 0) is 43.2 Å². The van der Waals surface area contributed by atoms with Crippen LogP contribution in [0.4, 0.5) is 0 Å². The molecule has 0 spiro atoms. The van der Waals surface area contributed by atoms with Gasteiger partial charge in [0.1, 0.15) is 22.1 Å². The average molecular weight is 441 g/mol. The highest BCUT2D eigenvalue weighted by atomic mass is 32.1. The van der Waals surface area contributed by atoms with Gasteiger partial charge < -0.3 is 4.57 Å². The molecule has 4 aromatic rings. The molecule has 0 atom stereocenters. The fourth-order valence-corrected chi connectivity index (χ4v) is 5.01. The van der Waals surface area contributed by atoms with E-state index in [2.05, 4.69) is 21.3 Å². The van der Waals surface area contributed by atoms with Gasteiger partial charge in [0.05, 0.1) is 15.9 Å². The van der Waals surface area contributed by atoms with Gasteiger partial charge in [-0.15, -0.1) is 21.5 Å². The Morgan fingerprint density at radius 2 is 1.91 bits per heavy atom. The normalized spacial score (nSPS) is 15.0. The summed E-state index contributed by atoms with van der Waals surface area (Å²) >= 11 is 1.28. The van der Waals surface area contributed by atoms with Crippen molar-refractivity contribution in [2.75, 3.05) is 0 Å². The standard InChI is InChI=1S/C24H20N6OS/c25-16-19(22-28-27-21-12-5-2-8-14-29(21)22)24-30(18-10-3-1-4-11-18)23(31)20(32-24)15-17-9-6-7-13-26-17/h1,3-4,6-7,9-11,13,15H,2,5,8,12,14H2/b20-15-,24-19+. The number of aromatic nitrogens is 5. The van der Waals surface area contributed by atoms with E-state index in [0.717, 1.165) is 38.1 Å². The van der Waals surface area contributed by atoms with Crippen molar-refractivity contribution in [2.24, 2.45) is 0 Å². The van der Waals surface area contributed by atoms with E-state index in [1.165, 1.54) is 11.3 Å². The Kier molecular flexibility index (Phi) is 5.48. The maximum atomic E-state index is 13.5. The van der Waals surface area contributed by atoms with Crippen molar-refractivity contribution in [3.8, 4) is 11.8 Å². The van der Waals surface area contributed by atoms with Gasteiger partial charge in [0.2, 0.25) is 0 Å². The summed E-state index contributed by atoms with van der Waals surface area (Å²) in [5, 5.41) is 18.9. The topological polar surface area (TPSA) is 89.4 Å². The van der Waals surface area contributed by atoms with Crippen molar-refractivity contribution >= 4 is 23.0 Å². The lowest BCUT2D eigenvalue weighted by Gasteiger charge is -2.07. The van der Waals surface area contributed by atoms with Crippen LogP contribution in [0, 0.1) is 11.3 Å². The van der Waals surface area contributed by atoms with E-state index in [1.54, 1.807) is 16.8 Å². The highest BCUT2D eigenvalue weighted by Crippen LogP contribution is 2.18. The van der Waals surface area contributed by atoms with Crippen LogP contribution in [0.1, 0.15) is 36.6 Å². The van der Waals surface area contributed by atoms with Crippen molar-refractivity contribution in [1.29, 1.82) is 5.26 Å². The van der Waals surface area contributed by atoms with Crippen LogP contribution in [-0.4, -0.2) is 24.3 Å². The molecule has 0 N–H and O–H groups in total. The third-order valence-electron chi connectivity index (χ3n) is 5.46. The van der Waals surface area contributed by atoms with Gasteiger partial charge in [-0.3, -0.25) is 14.3 Å². The number of benzene rings is 1. The second-order valence-electron chi connectivity index (χ2n) is 7.54. The van der Waals surface area contributed by atoms with Crippen LogP contribution >= 0.6 is 11.3 Å². The van der Waals surface area contributed by atoms with Crippen LogP contribution in [0.2, 0.25) is 0 Å². The average Bonchev–Trinajstić information content (AvgIpc) is 3.27. The number of nitriles is 1. The number of hydrogen-bond acceptors (Lipinski definition) is 6. The fraction of sp³-hybridized carbons (Fsp3) is 0.208. The summed E-state index contributed by atoms with van der Waals surface area (Å²) in [6.45, 7) is 0.775. The molecule has 3 aromatic heterocycles. The molecule has 0 aliphatic carbocycles. The van der Waals surface area contributed by atoms with Crippen LogP contribution in [0.5, 0.6) is 0 Å². The first-order chi connectivity index (χ1) is 15.8. The minimum atomic E-state index is -0.190. The van der Waals surface area contributed by atoms with Crippen molar-refractivity contribution in [3.05, 3.63) is 91.6 Å². The van der Waals surface area contributed by atoms with E-state index in [-0.39, 0.29) is 5.56 Å². The van der Waals surface area contributed by atoms with E-state index in [4.69, 9.17) is 0 Å². The second kappa shape index (κ2) is 8.73. The Morgan fingerprint density at radius 3 is 2.69 bits per heavy atom. The quantitative estimate of drug-likeness (QED) is 0.487. The van der Waals surface area contributed by atoms with E-state index in [9.17, 15) is 10.1 Å². The molecule has 32 heavy (non-hydrogen) atoms. The highest BCUT2D eigenvalue weighted by Gasteiger charge is 2.21. The van der Waals surface area contributed by atoms with E-state index in [0.29, 0.717) is 32.0 Å². The molecule has 8 heteroatoms. The minimum absolute atomic E-state index is 0.190. The third kappa shape index (κ3) is 3.67. The third-order valence-corrected chi connectivity index (χ3v) is 6.56. The summed E-state index contributed by atoms with van der Waals surface area (Å²) < 4.78 is 4.68. The number of para-hydroxylation sites is 1. The molecule has 0 saturated heterocycles. The van der Waals surface area contributed by atoms with Crippen LogP contribution in [-0.2, 0) is 13.0 Å². The number of pyridine rings is 1. The summed E-state index contributed by atoms with van der Waals surface area (Å²) in [6.07, 6.45) is 7.51. The number of thiazole rings is 1. The summed E-state index contributed by atoms with van der Waals surface area (Å²) in [5.41, 5.74) is 1.56. The molecule has 4 heterocycles. The molecule has 158 valence electrons. The minimum Gasteiger partial charge on any atom is -0.310 e. The largest absolute Gasteiger partial charge is 0.310 e. The SMILES string of the molecule is N#C/C(c1nnc2n1CCCCC2)=c1\s/c(=C\c2ccccn2)c(=O)n1-c1ccccc1. The first-order valence-electron chi connectivity index (χ1n) is 10.5. The molecule has 7 nitrogen and oxygen atoms in total. The molecule has 0 unspecified atom stereocenters. The molecule has 0 bridgehead atoms. The van der Waals surface area contributed by atoms with Gasteiger partial charge in [0.25, 0.3) is 5.56 Å². The van der Waals surface area contributed by atoms with E-state index in [1.807, 2.05) is 53.1 Å². The predicted octanol–water partition coefficient (Wildman–Crippen LogP) is 2.16. The first-order valence-corrected chi connectivity index (χ1v) is 11.3. The maximum Gasteiger partial charge on any atom is 0.273 e. The van der Waals surface area contributed by atoms with Crippen molar-refractivity contribution in [1.82, 2.24) is 24.3 Å². The molecule has 0 fully saturated rings. The summed E-state index contributed by atoms with van der Waals surface area (Å²) in [7, 11) is 0. The Balaban J connectivity index is 1.84. The zero-order valence-electron chi connectivity index (χ0n) is 17.3. The van der Waals surface area contributed by atoms with E-state index >= 15 is 0 Å². The lowest BCUT2D eigenvalue weighted by atomic mass is 10.2. The number of rotatable bonds is 3. The zero-order chi connectivity index (χ0) is 21.9. The highest BCUT2D eigenvalue weighted by molar-refractivity contribution is 7.07. The smallest absolute Gasteiger partial charge is 0.273 e. The molecule has 1 aromatic carbocycles. The van der Waals surface area contributed by atoms with Crippen molar-refractivity contribution in [3.63, 3.8) is 0 Å². The molecule has 5 rings (SSSR count). The number of fused-ring (bicyclic) bond motifs is 1. The summed E-state index contributed by atoms with van der Waals surface area (Å²) in [4.78, 5) is 17.8. The fourth-order valence-electron chi connectivity index (χ4n) is 3.92. The summed E-state index contributed by atoms with van der Waals surface area (Å²) in [5.74, 6) is 1.43. The molecular weight excluding hydrogens is 420 g/mol. The Labute approximate surface area is 188 Å². The lowest BCUT2D eigenvalue weighted by Crippen LogP contribution is -2.31. The lowest BCUT2D eigenvalue weighted by molar-refractivity contribution is 0.627. The first kappa shape index (κ1) is 20.1. The molecule has 1 aliphatic heterocycles. The Bertz CT molecular complexity index is 1480. The number of hydrogen-bond donors (Lipinski definition) is 0. The van der Waals surface area contributed by atoms with Crippen LogP contribution in [0.25, 0.3) is 17.3 Å².